The highest BCUT2D eigenvalue weighted by Crippen LogP contribution is 2.32. The lowest BCUT2D eigenvalue weighted by Gasteiger charge is -2.14. The van der Waals surface area contributed by atoms with E-state index in [-0.39, 0.29) is 28.4 Å². The van der Waals surface area contributed by atoms with Crippen LogP contribution in [-0.4, -0.2) is 11.1 Å². The maximum Gasteiger partial charge on any atom is 0.416 e. The fourth-order valence-electron chi connectivity index (χ4n) is 1.94. The van der Waals surface area contributed by atoms with Gasteiger partial charge in [-0.3, -0.25) is 0 Å². The Morgan fingerprint density at radius 3 is 2.50 bits per heavy atom. The molecule has 0 aromatic heterocycles. The molecule has 0 aliphatic heterocycles. The Morgan fingerprint density at radius 2 is 1.86 bits per heavy atom. The van der Waals surface area contributed by atoms with Crippen LogP contribution in [0.1, 0.15) is 21.5 Å². The van der Waals surface area contributed by atoms with Crippen LogP contribution < -0.4 is 5.32 Å². The van der Waals surface area contributed by atoms with Gasteiger partial charge in [0.05, 0.1) is 21.8 Å². The number of rotatable bonds is 4. The summed E-state index contributed by atoms with van der Waals surface area (Å²) in [6, 6.07) is 9.13. The second-order valence-electron chi connectivity index (χ2n) is 4.51. The molecular formula is C15H11ClF3NO2. The Bertz CT molecular complexity index is 701. The Hall–Kier alpha value is -2.21. The summed E-state index contributed by atoms with van der Waals surface area (Å²) in [5.41, 5.74) is -0.436. The number of carboxylic acid groups (broad SMARTS) is 1. The molecule has 3 nitrogen and oxygen atoms in total. The van der Waals surface area contributed by atoms with Crippen molar-refractivity contribution < 1.29 is 23.1 Å². The van der Waals surface area contributed by atoms with E-state index in [1.165, 1.54) is 36.4 Å². The molecule has 116 valence electrons. The van der Waals surface area contributed by atoms with Crippen molar-refractivity contribution in [3.8, 4) is 0 Å². The quantitative estimate of drug-likeness (QED) is 0.857. The summed E-state index contributed by atoms with van der Waals surface area (Å²) in [5.74, 6) is -1.14. The Balaban J connectivity index is 2.24. The SMILES string of the molecule is O=C(O)c1ccc(Cl)c(NCc2ccccc2C(F)(F)F)c1. The van der Waals surface area contributed by atoms with Crippen LogP contribution in [0, 0.1) is 0 Å². The zero-order valence-corrected chi connectivity index (χ0v) is 11.9. The summed E-state index contributed by atoms with van der Waals surface area (Å²) >= 11 is 5.92. The molecule has 0 saturated heterocycles. The molecule has 0 amide bonds. The molecule has 0 spiro atoms. The van der Waals surface area contributed by atoms with E-state index < -0.39 is 17.7 Å². The summed E-state index contributed by atoms with van der Waals surface area (Å²) in [6.07, 6.45) is -4.45. The van der Waals surface area contributed by atoms with Crippen LogP contribution in [0.25, 0.3) is 0 Å². The van der Waals surface area contributed by atoms with Crippen LogP contribution in [0.5, 0.6) is 0 Å². The number of aromatic carboxylic acids is 1. The van der Waals surface area contributed by atoms with E-state index in [9.17, 15) is 18.0 Å². The lowest BCUT2D eigenvalue weighted by atomic mass is 10.1. The minimum Gasteiger partial charge on any atom is -0.478 e. The highest BCUT2D eigenvalue weighted by Gasteiger charge is 2.32. The number of carbonyl (C=O) groups is 1. The molecule has 22 heavy (non-hydrogen) atoms. The molecule has 0 heterocycles. The molecule has 0 atom stereocenters. The van der Waals surface area contributed by atoms with E-state index in [0.717, 1.165) is 6.07 Å². The number of halogens is 4. The van der Waals surface area contributed by atoms with E-state index in [0.29, 0.717) is 0 Å². The Morgan fingerprint density at radius 1 is 1.18 bits per heavy atom. The summed E-state index contributed by atoms with van der Waals surface area (Å²) in [5, 5.41) is 11.9. The summed E-state index contributed by atoms with van der Waals surface area (Å²) in [6.45, 7) is -0.127. The van der Waals surface area contributed by atoms with Gasteiger partial charge in [-0.2, -0.15) is 13.2 Å². The Labute approximate surface area is 129 Å². The molecule has 0 bridgehead atoms. The molecule has 2 rings (SSSR count). The second kappa shape index (κ2) is 6.27. The molecule has 0 aliphatic carbocycles. The number of anilines is 1. The van der Waals surface area contributed by atoms with E-state index in [1.807, 2.05) is 0 Å². The summed E-state index contributed by atoms with van der Waals surface area (Å²) in [7, 11) is 0. The zero-order valence-electron chi connectivity index (χ0n) is 11.1. The van der Waals surface area contributed by atoms with Crippen molar-refractivity contribution in [1.82, 2.24) is 0 Å². The molecule has 2 aromatic rings. The predicted octanol–water partition coefficient (Wildman–Crippen LogP) is 4.67. The van der Waals surface area contributed by atoms with Crippen molar-refractivity contribution in [3.63, 3.8) is 0 Å². The van der Waals surface area contributed by atoms with Crippen molar-refractivity contribution >= 4 is 23.3 Å². The lowest BCUT2D eigenvalue weighted by molar-refractivity contribution is -0.138. The average Bonchev–Trinajstić information content (AvgIpc) is 2.45. The van der Waals surface area contributed by atoms with Gasteiger partial charge in [-0.05, 0) is 29.8 Å². The molecular weight excluding hydrogens is 319 g/mol. The summed E-state index contributed by atoms with van der Waals surface area (Å²) < 4.78 is 38.7. The highest BCUT2D eigenvalue weighted by molar-refractivity contribution is 6.33. The third kappa shape index (κ3) is 3.71. The van der Waals surface area contributed by atoms with E-state index in [1.54, 1.807) is 0 Å². The molecule has 0 radical (unpaired) electrons. The van der Waals surface area contributed by atoms with E-state index in [2.05, 4.69) is 5.32 Å². The minimum atomic E-state index is -4.45. The standard InChI is InChI=1S/C15H11ClF3NO2/c16-12-6-5-9(14(21)22)7-13(12)20-8-10-3-1-2-4-11(10)15(17,18)19/h1-7,20H,8H2,(H,21,22). The number of benzene rings is 2. The maximum absolute atomic E-state index is 12.9. The van der Waals surface area contributed by atoms with Crippen molar-refractivity contribution in [1.29, 1.82) is 0 Å². The van der Waals surface area contributed by atoms with Crippen molar-refractivity contribution in [2.24, 2.45) is 0 Å². The van der Waals surface area contributed by atoms with Crippen LogP contribution in [0.4, 0.5) is 18.9 Å². The van der Waals surface area contributed by atoms with Crippen molar-refractivity contribution in [2.75, 3.05) is 5.32 Å². The van der Waals surface area contributed by atoms with E-state index >= 15 is 0 Å². The van der Waals surface area contributed by atoms with Crippen LogP contribution in [0.2, 0.25) is 5.02 Å². The number of hydrogen-bond acceptors (Lipinski definition) is 2. The highest BCUT2D eigenvalue weighted by atomic mass is 35.5. The largest absolute Gasteiger partial charge is 0.478 e. The molecule has 7 heteroatoms. The zero-order chi connectivity index (χ0) is 16.3. The topological polar surface area (TPSA) is 49.3 Å². The smallest absolute Gasteiger partial charge is 0.416 e. The average molecular weight is 330 g/mol. The van der Waals surface area contributed by atoms with Crippen molar-refractivity contribution in [3.05, 3.63) is 64.2 Å². The van der Waals surface area contributed by atoms with Crippen molar-refractivity contribution in [2.45, 2.75) is 12.7 Å². The molecule has 2 aromatic carbocycles. The first-order valence-corrected chi connectivity index (χ1v) is 6.58. The van der Waals surface area contributed by atoms with Gasteiger partial charge in [0.25, 0.3) is 0 Å². The molecule has 0 unspecified atom stereocenters. The third-order valence-electron chi connectivity index (χ3n) is 3.01. The molecule has 2 N–H and O–H groups in total. The van der Waals surface area contributed by atoms with Gasteiger partial charge >= 0.3 is 12.1 Å². The van der Waals surface area contributed by atoms with Crippen LogP contribution >= 0.6 is 11.6 Å². The van der Waals surface area contributed by atoms with Gasteiger partial charge in [-0.25, -0.2) is 4.79 Å². The minimum absolute atomic E-state index is 0.00370. The molecule has 0 saturated carbocycles. The van der Waals surface area contributed by atoms with Gasteiger partial charge in [0, 0.05) is 6.54 Å². The maximum atomic E-state index is 12.9. The van der Waals surface area contributed by atoms with Gasteiger partial charge in [-0.1, -0.05) is 29.8 Å². The number of hydrogen-bond donors (Lipinski definition) is 2. The predicted molar refractivity (Wildman–Crippen MR) is 77.2 cm³/mol. The third-order valence-corrected chi connectivity index (χ3v) is 3.33. The lowest BCUT2D eigenvalue weighted by Crippen LogP contribution is -2.12. The number of alkyl halides is 3. The van der Waals surface area contributed by atoms with Gasteiger partial charge in [0.1, 0.15) is 0 Å². The van der Waals surface area contributed by atoms with Crippen LogP contribution in [0.3, 0.4) is 0 Å². The van der Waals surface area contributed by atoms with Gasteiger partial charge < -0.3 is 10.4 Å². The summed E-state index contributed by atoms with van der Waals surface area (Å²) in [4.78, 5) is 10.9. The second-order valence-corrected chi connectivity index (χ2v) is 4.92. The van der Waals surface area contributed by atoms with Crippen LogP contribution in [0.15, 0.2) is 42.5 Å². The Kier molecular flexibility index (Phi) is 4.61. The van der Waals surface area contributed by atoms with E-state index in [4.69, 9.17) is 16.7 Å². The first kappa shape index (κ1) is 16.2. The monoisotopic (exact) mass is 329 g/mol. The number of carboxylic acids is 1. The molecule has 0 aliphatic rings. The fraction of sp³-hybridized carbons (Fsp3) is 0.133. The fourth-order valence-corrected chi connectivity index (χ4v) is 2.12. The van der Waals surface area contributed by atoms with Gasteiger partial charge in [0.2, 0.25) is 0 Å². The first-order valence-electron chi connectivity index (χ1n) is 6.21. The first-order chi connectivity index (χ1) is 10.3. The van der Waals surface area contributed by atoms with Gasteiger partial charge in [0.15, 0.2) is 0 Å². The number of nitrogens with one attached hydrogen (secondary N) is 1. The molecule has 0 fully saturated rings. The van der Waals surface area contributed by atoms with Crippen LogP contribution in [-0.2, 0) is 12.7 Å². The van der Waals surface area contributed by atoms with Gasteiger partial charge in [-0.15, -0.1) is 0 Å². The normalized spacial score (nSPS) is 11.3.